The van der Waals surface area contributed by atoms with Crippen LogP contribution in [0.15, 0.2) is 18.2 Å². The summed E-state index contributed by atoms with van der Waals surface area (Å²) in [6, 6.07) is 0.564. The van der Waals surface area contributed by atoms with E-state index in [1.807, 2.05) is 0 Å². The monoisotopic (exact) mass is 271 g/mol. The zero-order valence-electron chi connectivity index (χ0n) is 9.36. The molecule has 7 heteroatoms. The number of alkyl halides is 6. The van der Waals surface area contributed by atoms with Gasteiger partial charge >= 0.3 is 12.4 Å². The molecule has 0 saturated heterocycles. The molecule has 0 bridgehead atoms. The third-order valence-electron chi connectivity index (χ3n) is 2.53. The van der Waals surface area contributed by atoms with Crippen LogP contribution in [0.5, 0.6) is 0 Å². The van der Waals surface area contributed by atoms with Crippen molar-refractivity contribution in [1.29, 1.82) is 0 Å². The molecule has 0 heterocycles. The fourth-order valence-corrected chi connectivity index (χ4v) is 1.52. The number of hydrogen-bond donors (Lipinski definition) is 1. The molecule has 102 valence electrons. The molecule has 0 aromatic heterocycles. The van der Waals surface area contributed by atoms with Crippen molar-refractivity contribution < 1.29 is 26.3 Å². The lowest BCUT2D eigenvalue weighted by atomic mass is 9.96. The van der Waals surface area contributed by atoms with Gasteiger partial charge in [-0.05, 0) is 24.1 Å². The van der Waals surface area contributed by atoms with Crippen LogP contribution in [0.4, 0.5) is 26.3 Å². The number of benzene rings is 1. The lowest BCUT2D eigenvalue weighted by molar-refractivity contribution is -0.143. The van der Waals surface area contributed by atoms with Crippen LogP contribution in [0.1, 0.15) is 36.1 Å². The highest BCUT2D eigenvalue weighted by atomic mass is 19.4. The number of halogens is 6. The molecular weight excluding hydrogens is 260 g/mol. The molecule has 0 fully saturated rings. The Morgan fingerprint density at radius 3 is 2.00 bits per heavy atom. The van der Waals surface area contributed by atoms with E-state index in [-0.39, 0.29) is 18.1 Å². The van der Waals surface area contributed by atoms with Crippen LogP contribution >= 0.6 is 0 Å². The van der Waals surface area contributed by atoms with E-state index in [4.69, 9.17) is 5.73 Å². The first-order valence-electron chi connectivity index (χ1n) is 5.11. The fourth-order valence-electron chi connectivity index (χ4n) is 1.52. The van der Waals surface area contributed by atoms with Crippen molar-refractivity contribution in [3.05, 3.63) is 34.9 Å². The van der Waals surface area contributed by atoms with Crippen molar-refractivity contribution in [3.8, 4) is 0 Å². The van der Waals surface area contributed by atoms with Crippen LogP contribution in [-0.2, 0) is 12.4 Å². The van der Waals surface area contributed by atoms with Gasteiger partial charge in [-0.3, -0.25) is 0 Å². The van der Waals surface area contributed by atoms with Crippen molar-refractivity contribution in [2.75, 3.05) is 0 Å². The lowest BCUT2D eigenvalue weighted by Gasteiger charge is -2.19. The van der Waals surface area contributed by atoms with Crippen LogP contribution in [0, 0.1) is 0 Å². The summed E-state index contributed by atoms with van der Waals surface area (Å²) in [5.74, 6) is 0. The van der Waals surface area contributed by atoms with Gasteiger partial charge in [-0.25, -0.2) is 0 Å². The number of hydrogen-bond acceptors (Lipinski definition) is 1. The quantitative estimate of drug-likeness (QED) is 0.804. The molecule has 0 saturated carbocycles. The third kappa shape index (κ3) is 3.16. The molecule has 2 N–H and O–H groups in total. The first-order chi connectivity index (χ1) is 8.07. The van der Waals surface area contributed by atoms with Gasteiger partial charge < -0.3 is 5.73 Å². The Morgan fingerprint density at radius 2 is 1.61 bits per heavy atom. The highest BCUT2D eigenvalue weighted by Crippen LogP contribution is 2.39. The number of nitrogens with two attached hydrogens (primary N) is 1. The molecule has 0 unspecified atom stereocenters. The Labute approximate surface area is 99.6 Å². The Bertz CT molecular complexity index is 421. The zero-order valence-corrected chi connectivity index (χ0v) is 9.36. The van der Waals surface area contributed by atoms with Crippen molar-refractivity contribution >= 4 is 0 Å². The summed E-state index contributed by atoms with van der Waals surface area (Å²) in [6.07, 6.45) is -9.47. The van der Waals surface area contributed by atoms with Gasteiger partial charge in [-0.2, -0.15) is 26.3 Å². The van der Waals surface area contributed by atoms with Crippen molar-refractivity contribution in [1.82, 2.24) is 0 Å². The minimum absolute atomic E-state index is 0.102. The van der Waals surface area contributed by atoms with Gasteiger partial charge in [0.1, 0.15) is 0 Å². The highest BCUT2D eigenvalue weighted by Gasteiger charge is 2.38. The number of rotatable bonds is 2. The minimum atomic E-state index is -4.86. The van der Waals surface area contributed by atoms with Gasteiger partial charge in [0.05, 0.1) is 11.1 Å². The molecule has 1 nitrogen and oxygen atoms in total. The van der Waals surface area contributed by atoms with E-state index in [9.17, 15) is 26.3 Å². The summed E-state index contributed by atoms with van der Waals surface area (Å²) in [6.45, 7) is 1.56. The minimum Gasteiger partial charge on any atom is -0.324 e. The Morgan fingerprint density at radius 1 is 1.06 bits per heavy atom. The third-order valence-corrected chi connectivity index (χ3v) is 2.53. The van der Waals surface area contributed by atoms with Gasteiger partial charge in [0, 0.05) is 6.04 Å². The van der Waals surface area contributed by atoms with Crippen LogP contribution in [-0.4, -0.2) is 0 Å². The van der Waals surface area contributed by atoms with Crippen LogP contribution in [0.3, 0.4) is 0 Å². The fraction of sp³-hybridized carbons (Fsp3) is 0.455. The molecule has 0 aliphatic rings. The average Bonchev–Trinajstić information content (AvgIpc) is 2.24. The van der Waals surface area contributed by atoms with Gasteiger partial charge in [-0.1, -0.05) is 13.0 Å². The maximum Gasteiger partial charge on any atom is 0.416 e. The van der Waals surface area contributed by atoms with Gasteiger partial charge in [-0.15, -0.1) is 0 Å². The summed E-state index contributed by atoms with van der Waals surface area (Å²) in [5, 5.41) is 0. The predicted molar refractivity (Wildman–Crippen MR) is 53.7 cm³/mol. The smallest absolute Gasteiger partial charge is 0.324 e. The SMILES string of the molecule is CC[C@H](N)c1ccc(C(F)(F)F)cc1C(F)(F)F. The molecule has 0 aliphatic heterocycles. The van der Waals surface area contributed by atoms with Crippen LogP contribution < -0.4 is 5.73 Å². The normalized spacial score (nSPS) is 14.7. The maximum absolute atomic E-state index is 12.7. The molecule has 1 atom stereocenters. The van der Waals surface area contributed by atoms with Gasteiger partial charge in [0.25, 0.3) is 0 Å². The molecule has 0 aliphatic carbocycles. The lowest BCUT2D eigenvalue weighted by Crippen LogP contribution is -2.18. The summed E-state index contributed by atoms with van der Waals surface area (Å²) in [7, 11) is 0. The summed E-state index contributed by atoms with van der Waals surface area (Å²) >= 11 is 0. The standard InChI is InChI=1S/C11H11F6N/c1-2-9(18)7-4-3-6(10(12,13)14)5-8(7)11(15,16)17/h3-5,9H,2,18H2,1H3/t9-/m0/s1. The second-order valence-electron chi connectivity index (χ2n) is 3.81. The topological polar surface area (TPSA) is 26.0 Å². The van der Waals surface area contributed by atoms with E-state index in [0.29, 0.717) is 6.07 Å². The molecule has 1 rings (SSSR count). The molecule has 18 heavy (non-hydrogen) atoms. The van der Waals surface area contributed by atoms with E-state index in [1.165, 1.54) is 0 Å². The highest BCUT2D eigenvalue weighted by molar-refractivity contribution is 5.37. The van der Waals surface area contributed by atoms with Crippen LogP contribution in [0.25, 0.3) is 0 Å². The van der Waals surface area contributed by atoms with Crippen LogP contribution in [0.2, 0.25) is 0 Å². The first kappa shape index (κ1) is 14.8. The Kier molecular flexibility index (Phi) is 3.95. The Balaban J connectivity index is 3.40. The molecule has 0 spiro atoms. The maximum atomic E-state index is 12.7. The summed E-state index contributed by atoms with van der Waals surface area (Å²) in [4.78, 5) is 0. The second-order valence-corrected chi connectivity index (χ2v) is 3.81. The summed E-state index contributed by atoms with van der Waals surface area (Å²) < 4.78 is 75.2. The van der Waals surface area contributed by atoms with E-state index >= 15 is 0 Å². The molecule has 1 aromatic carbocycles. The van der Waals surface area contributed by atoms with Crippen molar-refractivity contribution in [2.24, 2.45) is 5.73 Å². The largest absolute Gasteiger partial charge is 0.416 e. The van der Waals surface area contributed by atoms with Crippen molar-refractivity contribution in [3.63, 3.8) is 0 Å². The molecule has 1 aromatic rings. The second kappa shape index (κ2) is 4.79. The first-order valence-corrected chi connectivity index (χ1v) is 5.11. The average molecular weight is 271 g/mol. The van der Waals surface area contributed by atoms with E-state index in [2.05, 4.69) is 0 Å². The Hall–Kier alpha value is -1.24. The van der Waals surface area contributed by atoms with Gasteiger partial charge in [0.15, 0.2) is 0 Å². The zero-order chi connectivity index (χ0) is 14.1. The molecular formula is C11H11F6N. The summed E-state index contributed by atoms with van der Waals surface area (Å²) in [5.41, 5.74) is 2.49. The predicted octanol–water partition coefficient (Wildman–Crippen LogP) is 4.13. The van der Waals surface area contributed by atoms with Crippen molar-refractivity contribution in [2.45, 2.75) is 31.7 Å². The molecule has 0 amide bonds. The molecule has 0 radical (unpaired) electrons. The van der Waals surface area contributed by atoms with E-state index < -0.39 is 29.5 Å². The van der Waals surface area contributed by atoms with E-state index in [1.54, 1.807) is 6.92 Å². The van der Waals surface area contributed by atoms with E-state index in [0.717, 1.165) is 6.07 Å². The van der Waals surface area contributed by atoms with Gasteiger partial charge in [0.2, 0.25) is 0 Å².